The average molecular weight is 279 g/mol. The van der Waals surface area contributed by atoms with Gasteiger partial charge in [-0.3, -0.25) is 4.79 Å². The standard InChI is InChI=1S/C11H12Cl2O4/c12-9-5-8(7-15)11(10(13)6-9)17-4-3-16-2-1-14/h5-7,14H,1-4H2. The molecule has 0 aliphatic rings. The van der Waals surface area contributed by atoms with Crippen molar-refractivity contribution in [3.8, 4) is 5.75 Å². The van der Waals surface area contributed by atoms with Gasteiger partial charge in [-0.1, -0.05) is 23.2 Å². The number of benzene rings is 1. The molecule has 0 amide bonds. The lowest BCUT2D eigenvalue weighted by atomic mass is 10.2. The van der Waals surface area contributed by atoms with E-state index in [0.29, 0.717) is 29.2 Å². The predicted octanol–water partition coefficient (Wildman–Crippen LogP) is 2.19. The minimum absolute atomic E-state index is 0.0404. The lowest BCUT2D eigenvalue weighted by molar-refractivity contribution is 0.0703. The summed E-state index contributed by atoms with van der Waals surface area (Å²) in [5.41, 5.74) is 0.296. The molecule has 0 heterocycles. The van der Waals surface area contributed by atoms with Gasteiger partial charge in [-0.2, -0.15) is 0 Å². The molecule has 0 aliphatic carbocycles. The number of aliphatic hydroxyl groups is 1. The molecule has 1 N–H and O–H groups in total. The second-order valence-electron chi connectivity index (χ2n) is 3.11. The van der Waals surface area contributed by atoms with E-state index < -0.39 is 0 Å². The molecule has 0 aliphatic heterocycles. The minimum Gasteiger partial charge on any atom is -0.489 e. The first kappa shape index (κ1) is 14.3. The van der Waals surface area contributed by atoms with Gasteiger partial charge < -0.3 is 14.6 Å². The van der Waals surface area contributed by atoms with Crippen LogP contribution in [0.1, 0.15) is 10.4 Å². The number of carbonyl (C=O) groups excluding carboxylic acids is 1. The van der Waals surface area contributed by atoms with Gasteiger partial charge in [0.15, 0.2) is 6.29 Å². The predicted molar refractivity (Wildman–Crippen MR) is 65.2 cm³/mol. The molecular formula is C11H12Cl2O4. The van der Waals surface area contributed by atoms with E-state index in [1.807, 2.05) is 0 Å². The Kier molecular flexibility index (Phi) is 6.29. The van der Waals surface area contributed by atoms with Crippen LogP contribution in [0.4, 0.5) is 0 Å². The Labute approximate surface area is 109 Å². The zero-order valence-corrected chi connectivity index (χ0v) is 10.5. The average Bonchev–Trinajstić information content (AvgIpc) is 2.30. The Morgan fingerprint density at radius 1 is 1.24 bits per heavy atom. The SMILES string of the molecule is O=Cc1cc(Cl)cc(Cl)c1OCCOCCO. The molecule has 0 saturated heterocycles. The molecule has 94 valence electrons. The van der Waals surface area contributed by atoms with Crippen molar-refractivity contribution in [3.05, 3.63) is 27.7 Å². The first-order valence-electron chi connectivity index (χ1n) is 4.94. The summed E-state index contributed by atoms with van der Waals surface area (Å²) < 4.78 is 10.3. The largest absolute Gasteiger partial charge is 0.489 e. The Balaban J connectivity index is 2.60. The van der Waals surface area contributed by atoms with Crippen LogP contribution in [0.2, 0.25) is 10.0 Å². The quantitative estimate of drug-likeness (QED) is 0.614. The van der Waals surface area contributed by atoms with Gasteiger partial charge in [0, 0.05) is 5.02 Å². The van der Waals surface area contributed by atoms with Gasteiger partial charge in [-0.05, 0) is 12.1 Å². The fourth-order valence-electron chi connectivity index (χ4n) is 1.19. The highest BCUT2D eigenvalue weighted by atomic mass is 35.5. The molecule has 0 unspecified atom stereocenters. The molecule has 1 aromatic rings. The van der Waals surface area contributed by atoms with Crippen LogP contribution in [0.15, 0.2) is 12.1 Å². The molecule has 0 aromatic heterocycles. The van der Waals surface area contributed by atoms with Crippen LogP contribution in [-0.2, 0) is 4.74 Å². The van der Waals surface area contributed by atoms with E-state index in [-0.39, 0.29) is 24.8 Å². The van der Waals surface area contributed by atoms with Crippen molar-refractivity contribution in [2.45, 2.75) is 0 Å². The number of halogens is 2. The van der Waals surface area contributed by atoms with Gasteiger partial charge >= 0.3 is 0 Å². The van der Waals surface area contributed by atoms with Gasteiger partial charge in [-0.15, -0.1) is 0 Å². The minimum atomic E-state index is -0.0404. The number of aliphatic hydroxyl groups excluding tert-OH is 1. The molecular weight excluding hydrogens is 267 g/mol. The molecule has 1 rings (SSSR count). The van der Waals surface area contributed by atoms with Gasteiger partial charge in [0.1, 0.15) is 12.4 Å². The zero-order valence-electron chi connectivity index (χ0n) is 8.99. The summed E-state index contributed by atoms with van der Waals surface area (Å²) in [6, 6.07) is 2.98. The molecule has 0 spiro atoms. The highest BCUT2D eigenvalue weighted by Crippen LogP contribution is 2.31. The van der Waals surface area contributed by atoms with E-state index in [2.05, 4.69) is 0 Å². The Bertz CT molecular complexity index is 382. The van der Waals surface area contributed by atoms with Crippen molar-refractivity contribution in [2.24, 2.45) is 0 Å². The number of rotatable bonds is 7. The third kappa shape index (κ3) is 4.52. The second-order valence-corrected chi connectivity index (χ2v) is 3.95. The number of carbonyl (C=O) groups is 1. The molecule has 0 fully saturated rings. The molecule has 0 bridgehead atoms. The summed E-state index contributed by atoms with van der Waals surface area (Å²) in [5, 5.41) is 9.15. The van der Waals surface area contributed by atoms with Crippen LogP contribution in [0.5, 0.6) is 5.75 Å². The van der Waals surface area contributed by atoms with Crippen LogP contribution >= 0.6 is 23.2 Å². The summed E-state index contributed by atoms with van der Waals surface area (Å²) in [5.74, 6) is 0.290. The first-order valence-corrected chi connectivity index (χ1v) is 5.70. The van der Waals surface area contributed by atoms with Crippen molar-refractivity contribution >= 4 is 29.5 Å². The fraction of sp³-hybridized carbons (Fsp3) is 0.364. The lowest BCUT2D eigenvalue weighted by Gasteiger charge is -2.10. The highest BCUT2D eigenvalue weighted by molar-refractivity contribution is 6.36. The molecule has 0 radical (unpaired) electrons. The van der Waals surface area contributed by atoms with Crippen molar-refractivity contribution in [1.29, 1.82) is 0 Å². The molecule has 4 nitrogen and oxygen atoms in total. The van der Waals surface area contributed by atoms with Gasteiger partial charge in [-0.25, -0.2) is 0 Å². The maximum absolute atomic E-state index is 10.8. The van der Waals surface area contributed by atoms with E-state index in [1.54, 1.807) is 0 Å². The summed E-state index contributed by atoms with van der Waals surface area (Å²) in [6.45, 7) is 0.750. The highest BCUT2D eigenvalue weighted by Gasteiger charge is 2.10. The van der Waals surface area contributed by atoms with Gasteiger partial charge in [0.2, 0.25) is 0 Å². The van der Waals surface area contributed by atoms with E-state index in [1.165, 1.54) is 12.1 Å². The first-order chi connectivity index (χ1) is 8.19. The van der Waals surface area contributed by atoms with Crippen LogP contribution in [0.3, 0.4) is 0 Å². The number of aldehydes is 1. The monoisotopic (exact) mass is 278 g/mol. The lowest BCUT2D eigenvalue weighted by Crippen LogP contribution is -2.10. The van der Waals surface area contributed by atoms with E-state index >= 15 is 0 Å². The van der Waals surface area contributed by atoms with E-state index in [4.69, 9.17) is 37.8 Å². The normalized spacial score (nSPS) is 10.3. The summed E-state index contributed by atoms with van der Waals surface area (Å²) in [7, 11) is 0. The molecule has 17 heavy (non-hydrogen) atoms. The molecule has 0 saturated carbocycles. The van der Waals surface area contributed by atoms with Crippen molar-refractivity contribution in [1.82, 2.24) is 0 Å². The van der Waals surface area contributed by atoms with Crippen LogP contribution in [0.25, 0.3) is 0 Å². The summed E-state index contributed by atoms with van der Waals surface area (Å²) >= 11 is 11.7. The van der Waals surface area contributed by atoms with Crippen molar-refractivity contribution in [2.75, 3.05) is 26.4 Å². The topological polar surface area (TPSA) is 55.8 Å². The third-order valence-electron chi connectivity index (χ3n) is 1.87. The Morgan fingerprint density at radius 3 is 2.65 bits per heavy atom. The van der Waals surface area contributed by atoms with Crippen LogP contribution < -0.4 is 4.74 Å². The van der Waals surface area contributed by atoms with Crippen LogP contribution in [-0.4, -0.2) is 37.8 Å². The number of hydrogen-bond acceptors (Lipinski definition) is 4. The number of hydrogen-bond donors (Lipinski definition) is 1. The fourth-order valence-corrected chi connectivity index (χ4v) is 1.75. The van der Waals surface area contributed by atoms with E-state index in [9.17, 15) is 4.79 Å². The molecule has 6 heteroatoms. The van der Waals surface area contributed by atoms with E-state index in [0.717, 1.165) is 0 Å². The second kappa shape index (κ2) is 7.50. The van der Waals surface area contributed by atoms with Crippen molar-refractivity contribution in [3.63, 3.8) is 0 Å². The summed E-state index contributed by atoms with van der Waals surface area (Å²) in [4.78, 5) is 10.8. The zero-order chi connectivity index (χ0) is 12.7. The Morgan fingerprint density at radius 2 is 2.00 bits per heavy atom. The van der Waals surface area contributed by atoms with Crippen molar-refractivity contribution < 1.29 is 19.4 Å². The smallest absolute Gasteiger partial charge is 0.153 e. The Hall–Kier alpha value is -0.810. The van der Waals surface area contributed by atoms with Gasteiger partial charge in [0.05, 0.1) is 30.4 Å². The molecule has 1 aromatic carbocycles. The maximum Gasteiger partial charge on any atom is 0.153 e. The van der Waals surface area contributed by atoms with Crippen LogP contribution in [0, 0.1) is 0 Å². The third-order valence-corrected chi connectivity index (χ3v) is 2.37. The number of ether oxygens (including phenoxy) is 2. The summed E-state index contributed by atoms with van der Waals surface area (Å²) in [6.07, 6.45) is 0.627. The van der Waals surface area contributed by atoms with Gasteiger partial charge in [0.25, 0.3) is 0 Å². The maximum atomic E-state index is 10.8. The molecule has 0 atom stereocenters.